The lowest BCUT2D eigenvalue weighted by Gasteiger charge is -2.10. The van der Waals surface area contributed by atoms with Crippen LogP contribution >= 0.6 is 0 Å². The predicted molar refractivity (Wildman–Crippen MR) is 64.4 cm³/mol. The van der Waals surface area contributed by atoms with Crippen molar-refractivity contribution in [2.75, 3.05) is 6.54 Å². The smallest absolute Gasteiger partial charge is 0.417 e. The monoisotopic (exact) mass is 270 g/mol. The number of hydrogen-bond donors (Lipinski definition) is 1. The Kier molecular flexibility index (Phi) is 3.61. The summed E-state index contributed by atoms with van der Waals surface area (Å²) >= 11 is 0. The first kappa shape index (κ1) is 13.6. The molecule has 1 unspecified atom stereocenters. The average molecular weight is 270 g/mol. The largest absolute Gasteiger partial charge is 0.441 e. The summed E-state index contributed by atoms with van der Waals surface area (Å²) in [5, 5.41) is 0. The first-order valence-corrected chi connectivity index (χ1v) is 5.76. The van der Waals surface area contributed by atoms with Crippen molar-refractivity contribution >= 4 is 0 Å². The number of benzene rings is 1. The first-order chi connectivity index (χ1) is 8.93. The van der Waals surface area contributed by atoms with Gasteiger partial charge in [-0.05, 0) is 12.1 Å². The zero-order valence-electron chi connectivity index (χ0n) is 10.2. The third-order valence-corrected chi connectivity index (χ3v) is 2.83. The van der Waals surface area contributed by atoms with Gasteiger partial charge in [0.25, 0.3) is 0 Å². The number of hydrogen-bond acceptors (Lipinski definition) is 3. The van der Waals surface area contributed by atoms with Crippen LogP contribution in [0, 0.1) is 0 Å². The molecule has 1 atom stereocenters. The highest BCUT2D eigenvalue weighted by Gasteiger charge is 2.34. The van der Waals surface area contributed by atoms with Crippen LogP contribution < -0.4 is 5.73 Å². The standard InChI is InChI=1S/C13H13F3N2O/c1-8(6-17)11-7-18-12(19-11)9-4-2-3-5-10(9)13(14,15)16/h2-5,7-8H,6,17H2,1H3. The fraction of sp³-hybridized carbons (Fsp3) is 0.308. The minimum absolute atomic E-state index is 0.0387. The van der Waals surface area contributed by atoms with Gasteiger partial charge in [-0.25, -0.2) is 4.98 Å². The van der Waals surface area contributed by atoms with Crippen LogP contribution in [0.25, 0.3) is 11.5 Å². The Hall–Kier alpha value is -1.82. The Morgan fingerprint density at radius 2 is 2.00 bits per heavy atom. The quantitative estimate of drug-likeness (QED) is 0.929. The molecule has 1 aromatic heterocycles. The van der Waals surface area contributed by atoms with E-state index in [1.165, 1.54) is 24.4 Å². The summed E-state index contributed by atoms with van der Waals surface area (Å²) in [7, 11) is 0. The second-order valence-electron chi connectivity index (χ2n) is 4.25. The molecule has 0 radical (unpaired) electrons. The Morgan fingerprint density at radius 1 is 1.32 bits per heavy atom. The van der Waals surface area contributed by atoms with E-state index >= 15 is 0 Å². The van der Waals surface area contributed by atoms with E-state index in [1.54, 1.807) is 0 Å². The molecule has 1 heterocycles. The molecule has 19 heavy (non-hydrogen) atoms. The van der Waals surface area contributed by atoms with Crippen molar-refractivity contribution in [1.82, 2.24) is 4.98 Å². The molecule has 2 rings (SSSR count). The summed E-state index contributed by atoms with van der Waals surface area (Å²) in [4.78, 5) is 3.91. The van der Waals surface area contributed by atoms with Crippen molar-refractivity contribution in [3.63, 3.8) is 0 Å². The zero-order valence-corrected chi connectivity index (χ0v) is 10.2. The van der Waals surface area contributed by atoms with E-state index in [-0.39, 0.29) is 17.4 Å². The van der Waals surface area contributed by atoms with Gasteiger partial charge in [0.2, 0.25) is 5.89 Å². The Labute approximate surface area is 108 Å². The second-order valence-corrected chi connectivity index (χ2v) is 4.25. The molecule has 102 valence electrons. The Morgan fingerprint density at radius 3 is 2.63 bits per heavy atom. The van der Waals surface area contributed by atoms with E-state index in [9.17, 15) is 13.2 Å². The summed E-state index contributed by atoms with van der Waals surface area (Å²) in [5.74, 6) is 0.358. The lowest BCUT2D eigenvalue weighted by atomic mass is 10.1. The fourth-order valence-electron chi connectivity index (χ4n) is 1.67. The summed E-state index contributed by atoms with van der Waals surface area (Å²) in [6.07, 6.45) is -3.02. The lowest BCUT2D eigenvalue weighted by Crippen LogP contribution is -2.08. The Balaban J connectivity index is 2.45. The van der Waals surface area contributed by atoms with E-state index in [0.717, 1.165) is 6.07 Å². The molecule has 3 nitrogen and oxygen atoms in total. The lowest BCUT2D eigenvalue weighted by molar-refractivity contribution is -0.137. The van der Waals surface area contributed by atoms with Gasteiger partial charge in [0, 0.05) is 18.0 Å². The van der Waals surface area contributed by atoms with Gasteiger partial charge >= 0.3 is 6.18 Å². The van der Waals surface area contributed by atoms with Gasteiger partial charge in [-0.15, -0.1) is 0 Å². The topological polar surface area (TPSA) is 52.0 Å². The van der Waals surface area contributed by atoms with Crippen LogP contribution in [-0.2, 0) is 6.18 Å². The van der Waals surface area contributed by atoms with Gasteiger partial charge in [-0.2, -0.15) is 13.2 Å². The average Bonchev–Trinajstić information content (AvgIpc) is 2.86. The third-order valence-electron chi connectivity index (χ3n) is 2.83. The normalized spacial score (nSPS) is 13.5. The maximum Gasteiger partial charge on any atom is 0.417 e. The summed E-state index contributed by atoms with van der Waals surface area (Å²) in [6, 6.07) is 5.19. The second kappa shape index (κ2) is 5.05. The molecular formula is C13H13F3N2O. The molecule has 0 aliphatic rings. The van der Waals surface area contributed by atoms with Crippen molar-refractivity contribution in [1.29, 1.82) is 0 Å². The summed E-state index contributed by atoms with van der Waals surface area (Å²) in [6.45, 7) is 2.16. The van der Waals surface area contributed by atoms with Crippen LogP contribution in [0.15, 0.2) is 34.9 Å². The van der Waals surface area contributed by atoms with Crippen molar-refractivity contribution < 1.29 is 17.6 Å². The number of nitrogens with zero attached hydrogens (tertiary/aromatic N) is 1. The first-order valence-electron chi connectivity index (χ1n) is 5.76. The van der Waals surface area contributed by atoms with Crippen LogP contribution in [0.5, 0.6) is 0 Å². The third kappa shape index (κ3) is 2.78. The molecular weight excluding hydrogens is 257 g/mol. The number of halogens is 3. The highest BCUT2D eigenvalue weighted by atomic mass is 19.4. The van der Waals surface area contributed by atoms with Crippen LogP contribution in [0.2, 0.25) is 0 Å². The SMILES string of the molecule is CC(CN)c1cnc(-c2ccccc2C(F)(F)F)o1. The minimum atomic E-state index is -4.44. The maximum atomic E-state index is 12.9. The van der Waals surface area contributed by atoms with Gasteiger partial charge in [0.1, 0.15) is 5.76 Å². The van der Waals surface area contributed by atoms with E-state index in [4.69, 9.17) is 10.2 Å². The molecule has 2 N–H and O–H groups in total. The number of alkyl halides is 3. The number of oxazole rings is 1. The van der Waals surface area contributed by atoms with Gasteiger partial charge in [0.05, 0.1) is 11.8 Å². The van der Waals surface area contributed by atoms with E-state index in [0.29, 0.717) is 12.3 Å². The van der Waals surface area contributed by atoms with Crippen LogP contribution in [0.4, 0.5) is 13.2 Å². The molecule has 0 amide bonds. The van der Waals surface area contributed by atoms with Gasteiger partial charge in [0.15, 0.2) is 0 Å². The number of nitrogens with two attached hydrogens (primary N) is 1. The molecule has 0 saturated carbocycles. The van der Waals surface area contributed by atoms with Gasteiger partial charge < -0.3 is 10.2 Å². The number of rotatable bonds is 3. The van der Waals surface area contributed by atoms with E-state index in [1.807, 2.05) is 6.92 Å². The Bertz CT molecular complexity index is 563. The van der Waals surface area contributed by atoms with Crippen molar-refractivity contribution in [2.45, 2.75) is 19.0 Å². The molecule has 0 bridgehead atoms. The molecule has 0 spiro atoms. The van der Waals surface area contributed by atoms with Gasteiger partial charge in [-0.3, -0.25) is 0 Å². The summed E-state index contributed by atoms with van der Waals surface area (Å²) < 4.78 is 44.0. The molecule has 2 aromatic rings. The molecule has 1 aromatic carbocycles. The summed E-state index contributed by atoms with van der Waals surface area (Å²) in [5.41, 5.74) is 4.66. The van der Waals surface area contributed by atoms with Crippen molar-refractivity contribution in [3.8, 4) is 11.5 Å². The minimum Gasteiger partial charge on any atom is -0.441 e. The molecule has 0 aliphatic heterocycles. The van der Waals surface area contributed by atoms with Crippen molar-refractivity contribution in [3.05, 3.63) is 41.8 Å². The van der Waals surface area contributed by atoms with Crippen LogP contribution in [0.1, 0.15) is 24.2 Å². The highest BCUT2D eigenvalue weighted by Crippen LogP contribution is 2.37. The molecule has 0 fully saturated rings. The molecule has 6 heteroatoms. The highest BCUT2D eigenvalue weighted by molar-refractivity contribution is 5.59. The van der Waals surface area contributed by atoms with Crippen LogP contribution in [-0.4, -0.2) is 11.5 Å². The maximum absolute atomic E-state index is 12.9. The number of aromatic nitrogens is 1. The predicted octanol–water partition coefficient (Wildman–Crippen LogP) is 3.42. The van der Waals surface area contributed by atoms with Gasteiger partial charge in [-0.1, -0.05) is 19.1 Å². The molecule has 0 saturated heterocycles. The fourth-order valence-corrected chi connectivity index (χ4v) is 1.67. The molecule has 0 aliphatic carbocycles. The van der Waals surface area contributed by atoms with Crippen molar-refractivity contribution in [2.24, 2.45) is 5.73 Å². The van der Waals surface area contributed by atoms with E-state index in [2.05, 4.69) is 4.98 Å². The van der Waals surface area contributed by atoms with E-state index < -0.39 is 11.7 Å². The van der Waals surface area contributed by atoms with Crippen LogP contribution in [0.3, 0.4) is 0 Å². The zero-order chi connectivity index (χ0) is 14.0.